The van der Waals surface area contributed by atoms with E-state index < -0.39 is 17.3 Å². The summed E-state index contributed by atoms with van der Waals surface area (Å²) >= 11 is 0. The molecule has 0 saturated heterocycles. The normalized spacial score (nSPS) is 10.8. The highest BCUT2D eigenvalue weighted by Gasteiger charge is 2.15. The molecule has 26 heavy (non-hydrogen) atoms. The first kappa shape index (κ1) is 17.0. The predicted octanol–water partition coefficient (Wildman–Crippen LogP) is 3.89. The Labute approximate surface area is 149 Å². The maximum atomic E-state index is 12.2. The number of carbonyl (C=O) groups excluding carboxylic acids is 1. The average Bonchev–Trinajstić information content (AvgIpc) is 2.61. The number of ether oxygens (including phenoxy) is 1. The van der Waals surface area contributed by atoms with Gasteiger partial charge in [0.2, 0.25) is 5.88 Å². The smallest absolute Gasteiger partial charge is 0.219 e. The number of nitrogens with zero attached hydrogens (tertiary/aromatic N) is 1. The standard InChI is InChI=1S/C20H15NO5/c22-14-11-17(24)20(18(25)12-14)16(23)9-6-13-4-7-15(8-5-13)26-19-3-1-2-10-21-19/h1-12,22,24-25H/b9-6+. The fourth-order valence-electron chi connectivity index (χ4n) is 2.28. The van der Waals surface area contributed by atoms with Crippen molar-refractivity contribution in [1.29, 1.82) is 0 Å². The van der Waals surface area contributed by atoms with Crippen LogP contribution in [-0.2, 0) is 0 Å². The van der Waals surface area contributed by atoms with Gasteiger partial charge in [0.05, 0.1) is 0 Å². The summed E-state index contributed by atoms with van der Waals surface area (Å²) < 4.78 is 5.58. The van der Waals surface area contributed by atoms with E-state index in [-0.39, 0.29) is 11.3 Å². The van der Waals surface area contributed by atoms with Gasteiger partial charge in [-0.1, -0.05) is 24.3 Å². The Kier molecular flexibility index (Phi) is 4.85. The first-order chi connectivity index (χ1) is 12.5. The first-order valence-electron chi connectivity index (χ1n) is 7.69. The van der Waals surface area contributed by atoms with E-state index in [0.717, 1.165) is 17.7 Å². The zero-order valence-corrected chi connectivity index (χ0v) is 13.5. The van der Waals surface area contributed by atoms with Crippen LogP contribution in [0.1, 0.15) is 15.9 Å². The number of phenolic OH excluding ortho intramolecular Hbond substituents is 3. The van der Waals surface area contributed by atoms with Crippen molar-refractivity contribution in [3.05, 3.63) is 78.0 Å². The molecule has 0 aliphatic heterocycles. The molecule has 0 unspecified atom stereocenters. The molecule has 0 atom stereocenters. The van der Waals surface area contributed by atoms with Crippen molar-refractivity contribution >= 4 is 11.9 Å². The molecule has 0 saturated carbocycles. The molecule has 0 amide bonds. The molecule has 0 aliphatic carbocycles. The number of phenols is 3. The van der Waals surface area contributed by atoms with Gasteiger partial charge in [0.1, 0.15) is 28.6 Å². The number of hydrogen-bond donors (Lipinski definition) is 3. The van der Waals surface area contributed by atoms with Gasteiger partial charge in [-0.05, 0) is 29.8 Å². The van der Waals surface area contributed by atoms with E-state index in [1.165, 1.54) is 6.08 Å². The predicted molar refractivity (Wildman–Crippen MR) is 95.6 cm³/mol. The molecule has 1 heterocycles. The van der Waals surface area contributed by atoms with Gasteiger partial charge in [-0.15, -0.1) is 0 Å². The number of rotatable bonds is 5. The monoisotopic (exact) mass is 349 g/mol. The molecule has 1 aromatic heterocycles. The molecule has 0 radical (unpaired) electrons. The second-order valence-electron chi connectivity index (χ2n) is 5.40. The Morgan fingerprint density at radius 1 is 0.962 bits per heavy atom. The highest BCUT2D eigenvalue weighted by molar-refractivity contribution is 6.10. The van der Waals surface area contributed by atoms with Crippen molar-refractivity contribution in [2.75, 3.05) is 0 Å². The largest absolute Gasteiger partial charge is 0.508 e. The summed E-state index contributed by atoms with van der Waals surface area (Å²) in [5.74, 6) is -0.824. The Morgan fingerprint density at radius 3 is 2.27 bits per heavy atom. The maximum Gasteiger partial charge on any atom is 0.219 e. The third-order valence-electron chi connectivity index (χ3n) is 3.50. The fourth-order valence-corrected chi connectivity index (χ4v) is 2.28. The lowest BCUT2D eigenvalue weighted by Gasteiger charge is -2.05. The van der Waals surface area contributed by atoms with Gasteiger partial charge in [-0.3, -0.25) is 4.79 Å². The van der Waals surface area contributed by atoms with Crippen LogP contribution in [0.15, 0.2) is 66.9 Å². The number of aromatic hydroxyl groups is 3. The number of pyridine rings is 1. The zero-order valence-electron chi connectivity index (χ0n) is 13.5. The second kappa shape index (κ2) is 7.40. The summed E-state index contributed by atoms with van der Waals surface area (Å²) in [5, 5.41) is 28.7. The molecule has 0 fully saturated rings. The number of benzene rings is 2. The lowest BCUT2D eigenvalue weighted by Crippen LogP contribution is -1.95. The van der Waals surface area contributed by atoms with Crippen molar-refractivity contribution in [3.63, 3.8) is 0 Å². The van der Waals surface area contributed by atoms with Gasteiger partial charge in [0.15, 0.2) is 5.78 Å². The number of ketones is 1. The van der Waals surface area contributed by atoms with Crippen LogP contribution in [0.5, 0.6) is 28.9 Å². The molecule has 6 nitrogen and oxygen atoms in total. The molecular formula is C20H15NO5. The maximum absolute atomic E-state index is 12.2. The van der Waals surface area contributed by atoms with Crippen molar-refractivity contribution in [3.8, 4) is 28.9 Å². The van der Waals surface area contributed by atoms with Crippen molar-refractivity contribution in [2.45, 2.75) is 0 Å². The lowest BCUT2D eigenvalue weighted by atomic mass is 10.1. The highest BCUT2D eigenvalue weighted by Crippen LogP contribution is 2.32. The Balaban J connectivity index is 1.72. The molecule has 0 spiro atoms. The molecular weight excluding hydrogens is 334 g/mol. The van der Waals surface area contributed by atoms with Gasteiger partial charge in [0.25, 0.3) is 0 Å². The summed E-state index contributed by atoms with van der Waals surface area (Å²) in [6, 6.07) is 14.3. The number of aromatic nitrogens is 1. The lowest BCUT2D eigenvalue weighted by molar-refractivity contribution is 0.104. The van der Waals surface area contributed by atoms with E-state index >= 15 is 0 Å². The van der Waals surface area contributed by atoms with E-state index in [2.05, 4.69) is 4.98 Å². The SMILES string of the molecule is O=C(/C=C/c1ccc(Oc2ccccn2)cc1)c1c(O)cc(O)cc1O. The summed E-state index contributed by atoms with van der Waals surface area (Å²) in [5.41, 5.74) is 0.457. The van der Waals surface area contributed by atoms with E-state index in [4.69, 9.17) is 4.74 Å². The fraction of sp³-hybridized carbons (Fsp3) is 0. The average molecular weight is 349 g/mol. The topological polar surface area (TPSA) is 99.9 Å². The van der Waals surface area contributed by atoms with Crippen LogP contribution in [-0.4, -0.2) is 26.1 Å². The van der Waals surface area contributed by atoms with Crippen LogP contribution >= 0.6 is 0 Å². The van der Waals surface area contributed by atoms with Crippen LogP contribution in [0.4, 0.5) is 0 Å². The Hall–Kier alpha value is -3.80. The molecule has 3 N–H and O–H groups in total. The van der Waals surface area contributed by atoms with Gasteiger partial charge in [-0.25, -0.2) is 4.98 Å². The minimum absolute atomic E-state index is 0.269. The summed E-state index contributed by atoms with van der Waals surface area (Å²) in [4.78, 5) is 16.2. The van der Waals surface area contributed by atoms with E-state index in [1.807, 2.05) is 6.07 Å². The van der Waals surface area contributed by atoms with Crippen molar-refractivity contribution < 1.29 is 24.9 Å². The molecule has 3 rings (SSSR count). The molecule has 2 aromatic carbocycles. The van der Waals surface area contributed by atoms with Gasteiger partial charge < -0.3 is 20.1 Å². The van der Waals surface area contributed by atoms with E-state index in [0.29, 0.717) is 11.6 Å². The minimum Gasteiger partial charge on any atom is -0.508 e. The van der Waals surface area contributed by atoms with Gasteiger partial charge in [0, 0.05) is 24.4 Å². The summed E-state index contributed by atoms with van der Waals surface area (Å²) in [6.07, 6.45) is 4.39. The third-order valence-corrected chi connectivity index (χ3v) is 3.50. The third kappa shape index (κ3) is 3.99. The molecule has 6 heteroatoms. The molecule has 0 bridgehead atoms. The molecule has 3 aromatic rings. The number of carbonyl (C=O) groups is 1. The van der Waals surface area contributed by atoms with Crippen LogP contribution in [0.3, 0.4) is 0 Å². The van der Waals surface area contributed by atoms with Crippen LogP contribution in [0.25, 0.3) is 6.08 Å². The number of hydrogen-bond acceptors (Lipinski definition) is 6. The van der Waals surface area contributed by atoms with Gasteiger partial charge in [-0.2, -0.15) is 0 Å². The quantitative estimate of drug-likeness (QED) is 0.477. The number of allylic oxidation sites excluding steroid dienone is 1. The highest BCUT2D eigenvalue weighted by atomic mass is 16.5. The first-order valence-corrected chi connectivity index (χ1v) is 7.69. The minimum atomic E-state index is -0.589. The van der Waals surface area contributed by atoms with Gasteiger partial charge >= 0.3 is 0 Å². The van der Waals surface area contributed by atoms with Crippen LogP contribution < -0.4 is 4.74 Å². The van der Waals surface area contributed by atoms with E-state index in [1.54, 1.807) is 48.7 Å². The van der Waals surface area contributed by atoms with Crippen molar-refractivity contribution in [2.24, 2.45) is 0 Å². The molecule has 0 aliphatic rings. The zero-order chi connectivity index (χ0) is 18.5. The van der Waals surface area contributed by atoms with Crippen molar-refractivity contribution in [1.82, 2.24) is 4.98 Å². The van der Waals surface area contributed by atoms with Crippen LogP contribution in [0.2, 0.25) is 0 Å². The summed E-state index contributed by atoms with van der Waals surface area (Å²) in [7, 11) is 0. The second-order valence-corrected chi connectivity index (χ2v) is 5.40. The summed E-state index contributed by atoms with van der Waals surface area (Å²) in [6.45, 7) is 0. The van der Waals surface area contributed by atoms with E-state index in [9.17, 15) is 20.1 Å². The Bertz CT molecular complexity index is 927. The molecule has 130 valence electrons. The Morgan fingerprint density at radius 2 is 1.65 bits per heavy atom. The van der Waals surface area contributed by atoms with Crippen LogP contribution in [0, 0.1) is 0 Å².